The molecule has 1 saturated carbocycles. The van der Waals surface area contributed by atoms with Crippen molar-refractivity contribution >= 4 is 17.3 Å². The number of hydrogen-bond donors (Lipinski definition) is 0. The molecule has 84 valence electrons. The van der Waals surface area contributed by atoms with Crippen molar-refractivity contribution in [2.75, 3.05) is 11.9 Å². The Kier molecular flexibility index (Phi) is 3.07. The molecule has 1 atom stereocenters. The average Bonchev–Trinajstić information content (AvgIpc) is 3.10. The standard InChI is InChI=1S/C13H15ClN2/c1-9(10-6-7-10)16(2)13-5-3-4-12(14)11(13)8-15/h3-5,9-10H,6-7H2,1-2H3. The van der Waals surface area contributed by atoms with Crippen LogP contribution in [0.1, 0.15) is 25.3 Å². The van der Waals surface area contributed by atoms with Crippen molar-refractivity contribution in [3.8, 4) is 6.07 Å². The predicted octanol–water partition coefficient (Wildman–Crippen LogP) is 3.45. The van der Waals surface area contributed by atoms with Gasteiger partial charge in [-0.2, -0.15) is 5.26 Å². The molecule has 0 aliphatic heterocycles. The summed E-state index contributed by atoms with van der Waals surface area (Å²) >= 11 is 6.02. The van der Waals surface area contributed by atoms with E-state index < -0.39 is 0 Å². The van der Waals surface area contributed by atoms with Gasteiger partial charge >= 0.3 is 0 Å². The van der Waals surface area contributed by atoms with Gasteiger partial charge in [-0.05, 0) is 37.8 Å². The van der Waals surface area contributed by atoms with Crippen molar-refractivity contribution in [1.82, 2.24) is 0 Å². The summed E-state index contributed by atoms with van der Waals surface area (Å²) in [6, 6.07) is 8.28. The third-order valence-corrected chi connectivity index (χ3v) is 3.71. The van der Waals surface area contributed by atoms with E-state index in [1.807, 2.05) is 19.2 Å². The minimum atomic E-state index is 0.477. The molecule has 1 unspecified atom stereocenters. The first-order chi connectivity index (χ1) is 7.65. The Morgan fingerprint density at radius 2 is 2.19 bits per heavy atom. The van der Waals surface area contributed by atoms with E-state index in [-0.39, 0.29) is 0 Å². The van der Waals surface area contributed by atoms with Crippen molar-refractivity contribution in [1.29, 1.82) is 5.26 Å². The molecule has 1 aliphatic rings. The lowest BCUT2D eigenvalue weighted by molar-refractivity contribution is 0.609. The van der Waals surface area contributed by atoms with Gasteiger partial charge in [0.1, 0.15) is 6.07 Å². The molecule has 1 aromatic rings. The second-order valence-electron chi connectivity index (χ2n) is 4.43. The largest absolute Gasteiger partial charge is 0.370 e. The van der Waals surface area contributed by atoms with Crippen molar-refractivity contribution < 1.29 is 0 Å². The lowest BCUT2D eigenvalue weighted by Crippen LogP contribution is -2.31. The Bertz CT molecular complexity index is 432. The van der Waals surface area contributed by atoms with E-state index in [1.54, 1.807) is 6.07 Å². The molecule has 0 aromatic heterocycles. The van der Waals surface area contributed by atoms with Crippen LogP contribution in [-0.4, -0.2) is 13.1 Å². The second-order valence-corrected chi connectivity index (χ2v) is 4.84. The van der Waals surface area contributed by atoms with Gasteiger partial charge in [0.05, 0.1) is 16.3 Å². The smallest absolute Gasteiger partial charge is 0.103 e. The highest BCUT2D eigenvalue weighted by Crippen LogP contribution is 2.37. The number of nitrogens with zero attached hydrogens (tertiary/aromatic N) is 2. The van der Waals surface area contributed by atoms with Crippen LogP contribution in [0.4, 0.5) is 5.69 Å². The Balaban J connectivity index is 2.32. The van der Waals surface area contributed by atoms with Crippen molar-refractivity contribution in [2.24, 2.45) is 5.92 Å². The minimum Gasteiger partial charge on any atom is -0.370 e. The molecular formula is C13H15ClN2. The van der Waals surface area contributed by atoms with E-state index >= 15 is 0 Å². The SMILES string of the molecule is CC(C1CC1)N(C)c1cccc(Cl)c1C#N. The van der Waals surface area contributed by atoms with Gasteiger partial charge < -0.3 is 4.90 Å². The molecule has 2 rings (SSSR count). The summed E-state index contributed by atoms with van der Waals surface area (Å²) in [7, 11) is 2.04. The van der Waals surface area contributed by atoms with Gasteiger partial charge in [0.2, 0.25) is 0 Å². The number of anilines is 1. The topological polar surface area (TPSA) is 27.0 Å². The molecule has 0 saturated heterocycles. The molecule has 3 heteroatoms. The minimum absolute atomic E-state index is 0.477. The van der Waals surface area contributed by atoms with E-state index in [9.17, 15) is 0 Å². The first-order valence-corrected chi connectivity index (χ1v) is 5.94. The molecule has 0 spiro atoms. The lowest BCUT2D eigenvalue weighted by atomic mass is 10.1. The fourth-order valence-electron chi connectivity index (χ4n) is 2.03. The fourth-order valence-corrected chi connectivity index (χ4v) is 2.24. The molecule has 0 radical (unpaired) electrons. The second kappa shape index (κ2) is 4.35. The first kappa shape index (κ1) is 11.3. The maximum absolute atomic E-state index is 9.12. The molecule has 0 amide bonds. The Morgan fingerprint density at radius 3 is 2.75 bits per heavy atom. The summed E-state index contributed by atoms with van der Waals surface area (Å²) in [4.78, 5) is 2.17. The van der Waals surface area contributed by atoms with Crippen molar-refractivity contribution in [2.45, 2.75) is 25.8 Å². The number of benzene rings is 1. The van der Waals surface area contributed by atoms with Crippen molar-refractivity contribution in [3.05, 3.63) is 28.8 Å². The van der Waals surface area contributed by atoms with E-state index in [0.717, 1.165) is 11.6 Å². The average molecular weight is 235 g/mol. The van der Waals surface area contributed by atoms with Crippen LogP contribution < -0.4 is 4.90 Å². The zero-order valence-electron chi connectivity index (χ0n) is 9.57. The third kappa shape index (κ3) is 2.01. The van der Waals surface area contributed by atoms with Gasteiger partial charge in [0.25, 0.3) is 0 Å². The summed E-state index contributed by atoms with van der Waals surface area (Å²) in [5.74, 6) is 0.774. The normalized spacial score (nSPS) is 16.6. The predicted molar refractivity (Wildman–Crippen MR) is 66.8 cm³/mol. The van der Waals surface area contributed by atoms with E-state index in [2.05, 4.69) is 17.9 Å². The van der Waals surface area contributed by atoms with Crippen molar-refractivity contribution in [3.63, 3.8) is 0 Å². The van der Waals surface area contributed by atoms with Gasteiger partial charge in [0.15, 0.2) is 0 Å². The zero-order chi connectivity index (χ0) is 11.7. The molecule has 1 fully saturated rings. The molecule has 16 heavy (non-hydrogen) atoms. The summed E-state index contributed by atoms with van der Waals surface area (Å²) in [6.07, 6.45) is 2.60. The van der Waals surface area contributed by atoms with Crippen LogP contribution in [0.15, 0.2) is 18.2 Å². The van der Waals surface area contributed by atoms with Gasteiger partial charge in [-0.1, -0.05) is 17.7 Å². The van der Waals surface area contributed by atoms with Crippen LogP contribution in [0.25, 0.3) is 0 Å². The molecule has 0 N–H and O–H groups in total. The number of rotatable bonds is 3. The molecule has 1 aromatic carbocycles. The Labute approximate surface area is 101 Å². The monoisotopic (exact) mass is 234 g/mol. The maximum Gasteiger partial charge on any atom is 0.103 e. The number of halogens is 1. The highest BCUT2D eigenvalue weighted by Gasteiger charge is 2.31. The van der Waals surface area contributed by atoms with E-state index in [1.165, 1.54) is 12.8 Å². The number of hydrogen-bond acceptors (Lipinski definition) is 2. The zero-order valence-corrected chi connectivity index (χ0v) is 10.3. The van der Waals surface area contributed by atoms with Crippen LogP contribution in [-0.2, 0) is 0 Å². The molecule has 0 bridgehead atoms. The number of nitriles is 1. The highest BCUT2D eigenvalue weighted by molar-refractivity contribution is 6.32. The van der Waals surface area contributed by atoms with Crippen LogP contribution in [0.5, 0.6) is 0 Å². The summed E-state index contributed by atoms with van der Waals surface area (Å²) in [5.41, 5.74) is 1.52. The Hall–Kier alpha value is -1.20. The van der Waals surface area contributed by atoms with Crippen LogP contribution >= 0.6 is 11.6 Å². The van der Waals surface area contributed by atoms with Gasteiger partial charge in [-0.15, -0.1) is 0 Å². The lowest BCUT2D eigenvalue weighted by Gasteiger charge is -2.28. The molecular weight excluding hydrogens is 220 g/mol. The Morgan fingerprint density at radius 1 is 1.50 bits per heavy atom. The van der Waals surface area contributed by atoms with Crippen LogP contribution in [0.2, 0.25) is 5.02 Å². The molecule has 0 heterocycles. The van der Waals surface area contributed by atoms with E-state index in [4.69, 9.17) is 16.9 Å². The summed E-state index contributed by atoms with van der Waals surface area (Å²) < 4.78 is 0. The van der Waals surface area contributed by atoms with Gasteiger partial charge in [0, 0.05) is 13.1 Å². The van der Waals surface area contributed by atoms with Crippen LogP contribution in [0.3, 0.4) is 0 Å². The third-order valence-electron chi connectivity index (χ3n) is 3.40. The maximum atomic E-state index is 9.12. The van der Waals surface area contributed by atoms with Gasteiger partial charge in [-0.25, -0.2) is 0 Å². The molecule has 1 aliphatic carbocycles. The van der Waals surface area contributed by atoms with E-state index in [0.29, 0.717) is 16.6 Å². The summed E-state index contributed by atoms with van der Waals surface area (Å²) in [6.45, 7) is 2.21. The fraction of sp³-hybridized carbons (Fsp3) is 0.462. The summed E-state index contributed by atoms with van der Waals surface area (Å²) in [5, 5.41) is 9.66. The first-order valence-electron chi connectivity index (χ1n) is 5.56. The molecule has 2 nitrogen and oxygen atoms in total. The quantitative estimate of drug-likeness (QED) is 0.801. The van der Waals surface area contributed by atoms with Crippen LogP contribution in [0, 0.1) is 17.2 Å². The highest BCUT2D eigenvalue weighted by atomic mass is 35.5. The van der Waals surface area contributed by atoms with Gasteiger partial charge in [-0.3, -0.25) is 0 Å².